The monoisotopic (exact) mass is 714 g/mol. The summed E-state index contributed by atoms with van der Waals surface area (Å²) in [6, 6.07) is 4.21. The van der Waals surface area contributed by atoms with Crippen LogP contribution in [0.1, 0.15) is 53.4 Å². The van der Waals surface area contributed by atoms with Gasteiger partial charge in [0, 0.05) is 36.6 Å². The Labute approximate surface area is 291 Å². The van der Waals surface area contributed by atoms with Crippen LogP contribution in [0.5, 0.6) is 11.6 Å². The quantitative estimate of drug-likeness (QED) is 0.222. The van der Waals surface area contributed by atoms with E-state index >= 15 is 0 Å². The van der Waals surface area contributed by atoms with Gasteiger partial charge in [0.1, 0.15) is 29.5 Å². The number of hydrogen-bond acceptors (Lipinski definition) is 10. The van der Waals surface area contributed by atoms with Gasteiger partial charge in [0.2, 0.25) is 27.7 Å². The summed E-state index contributed by atoms with van der Waals surface area (Å²) in [6.45, 7) is 10.7. The minimum Gasteiger partial charge on any atom is -0.497 e. The third kappa shape index (κ3) is 7.96. The van der Waals surface area contributed by atoms with E-state index in [0.717, 1.165) is 5.39 Å². The maximum Gasteiger partial charge on any atom is 0.315 e. The van der Waals surface area contributed by atoms with E-state index < -0.39 is 80.3 Å². The summed E-state index contributed by atoms with van der Waals surface area (Å²) < 4.78 is 44.6. The second kappa shape index (κ2) is 14.1. The van der Waals surface area contributed by atoms with E-state index in [9.17, 15) is 27.6 Å². The van der Waals surface area contributed by atoms with Gasteiger partial charge in [-0.3, -0.25) is 19.1 Å². The van der Waals surface area contributed by atoms with Crippen molar-refractivity contribution in [3.8, 4) is 11.6 Å². The Bertz CT molecular complexity index is 1780. The van der Waals surface area contributed by atoms with Gasteiger partial charge < -0.3 is 35.1 Å². The molecule has 5 rings (SSSR count). The number of rotatable bonds is 13. The van der Waals surface area contributed by atoms with Crippen LogP contribution in [-0.4, -0.2) is 103 Å². The van der Waals surface area contributed by atoms with Gasteiger partial charge in [-0.2, -0.15) is 0 Å². The average Bonchev–Trinajstić information content (AvgIpc) is 3.98. The van der Waals surface area contributed by atoms with Gasteiger partial charge in [0.25, 0.3) is 5.91 Å². The molecule has 1 aromatic carbocycles. The van der Waals surface area contributed by atoms with Crippen LogP contribution < -0.4 is 30.1 Å². The van der Waals surface area contributed by atoms with Crippen molar-refractivity contribution in [2.75, 3.05) is 20.8 Å². The maximum atomic E-state index is 14.3. The van der Waals surface area contributed by atoms with Gasteiger partial charge in [0.15, 0.2) is 0 Å². The highest BCUT2D eigenvalue weighted by atomic mass is 32.2. The van der Waals surface area contributed by atoms with Crippen molar-refractivity contribution in [2.45, 2.75) is 94.0 Å². The summed E-state index contributed by atoms with van der Waals surface area (Å²) in [7, 11) is -0.937. The van der Waals surface area contributed by atoms with Gasteiger partial charge in [-0.1, -0.05) is 6.08 Å². The molecule has 16 heteroatoms. The smallest absolute Gasteiger partial charge is 0.315 e. The molecule has 3 aliphatic rings. The molecule has 5 amide bonds. The molecule has 2 heterocycles. The fourth-order valence-electron chi connectivity index (χ4n) is 6.11. The number of pyridine rings is 1. The Morgan fingerprint density at radius 2 is 1.86 bits per heavy atom. The van der Waals surface area contributed by atoms with Crippen molar-refractivity contribution in [3.05, 3.63) is 43.1 Å². The van der Waals surface area contributed by atoms with Gasteiger partial charge in [-0.05, 0) is 76.6 Å². The zero-order chi connectivity index (χ0) is 36.6. The van der Waals surface area contributed by atoms with E-state index in [1.54, 1.807) is 59.2 Å². The largest absolute Gasteiger partial charge is 0.497 e. The molecule has 0 spiro atoms. The molecule has 0 bridgehead atoms. The Morgan fingerprint density at radius 1 is 1.14 bits per heavy atom. The number of nitrogens with zero attached hydrogens (tertiary/aromatic N) is 2. The number of ether oxygens (including phenoxy) is 3. The summed E-state index contributed by atoms with van der Waals surface area (Å²) in [4.78, 5) is 60.5. The van der Waals surface area contributed by atoms with Gasteiger partial charge in [-0.15, -0.1) is 6.58 Å². The zero-order valence-electron chi connectivity index (χ0n) is 29.1. The Balaban J connectivity index is 1.44. The first-order valence-corrected chi connectivity index (χ1v) is 18.1. The summed E-state index contributed by atoms with van der Waals surface area (Å²) in [5.41, 5.74) is -2.17. The fraction of sp³-hybridized carbons (Fsp3) is 0.559. The molecule has 2 saturated carbocycles. The SMILES string of the molecule is C=C[C@@H]1C[C@]1(NC(=O)[C@@H]1C[C@@H](Oc2nccc3cc(OC)ccc23)CN1C(=O)C(NC(=O)NC(C)(C)C)[C@H](C)OC)C(=O)NS(=O)(=O)C1CC1. The number of fused-ring (bicyclic) bond motifs is 1. The first kappa shape index (κ1) is 36.8. The van der Waals surface area contributed by atoms with Crippen molar-refractivity contribution in [1.82, 2.24) is 30.6 Å². The minimum atomic E-state index is -3.90. The van der Waals surface area contributed by atoms with Gasteiger partial charge in [-0.25, -0.2) is 18.2 Å². The van der Waals surface area contributed by atoms with E-state index in [2.05, 4.69) is 32.2 Å². The predicted molar refractivity (Wildman–Crippen MR) is 184 cm³/mol. The van der Waals surface area contributed by atoms with E-state index in [0.29, 0.717) is 24.0 Å². The van der Waals surface area contributed by atoms with Crippen molar-refractivity contribution in [3.63, 3.8) is 0 Å². The molecule has 0 radical (unpaired) electrons. The molecular weight excluding hydrogens is 668 g/mol. The second-order valence-electron chi connectivity index (χ2n) is 14.1. The summed E-state index contributed by atoms with van der Waals surface area (Å²) in [5.74, 6) is -1.76. The summed E-state index contributed by atoms with van der Waals surface area (Å²) in [5, 5.41) is 9.06. The molecule has 50 heavy (non-hydrogen) atoms. The lowest BCUT2D eigenvalue weighted by molar-refractivity contribution is -0.143. The van der Waals surface area contributed by atoms with Crippen LogP contribution >= 0.6 is 0 Å². The number of carbonyl (C=O) groups excluding carboxylic acids is 4. The topological polar surface area (TPSA) is 194 Å². The second-order valence-corrected chi connectivity index (χ2v) is 16.1. The average molecular weight is 715 g/mol. The van der Waals surface area contributed by atoms with Crippen LogP contribution in [-0.2, 0) is 29.1 Å². The lowest BCUT2D eigenvalue weighted by atomic mass is 10.1. The van der Waals surface area contributed by atoms with Crippen LogP contribution in [0, 0.1) is 5.92 Å². The van der Waals surface area contributed by atoms with Gasteiger partial charge in [0.05, 0.1) is 25.0 Å². The van der Waals surface area contributed by atoms with Crippen molar-refractivity contribution in [2.24, 2.45) is 5.92 Å². The standard InChI is InChI=1S/C34H46N6O9S/c1-8-21-17-34(21,31(43)39-50(45,46)24-10-11-24)37-28(41)26-16-23(49-29-25-12-9-22(48-7)15-20(25)13-14-35-29)18-40(26)30(42)27(19(2)47-6)36-32(44)38-33(3,4)5/h8-9,12-15,19,21,23-24,26-27H,1,10-11,16-18H2,2-7H3,(H,37,41)(H,39,43)(H2,36,38,44)/t19-,21+,23+,26-,27?,34+/m0/s1. The number of urea groups is 1. The van der Waals surface area contributed by atoms with Crippen LogP contribution in [0.3, 0.4) is 0 Å². The number of carbonyl (C=O) groups is 4. The number of nitrogens with one attached hydrogen (secondary N) is 4. The number of likely N-dealkylation sites (tertiary alicyclic amines) is 1. The Hall–Kier alpha value is -4.44. The summed E-state index contributed by atoms with van der Waals surface area (Å²) >= 11 is 0. The maximum absolute atomic E-state index is 14.3. The highest BCUT2D eigenvalue weighted by Gasteiger charge is 2.62. The van der Waals surface area contributed by atoms with E-state index in [1.165, 1.54) is 18.1 Å². The number of aromatic nitrogens is 1. The van der Waals surface area contributed by atoms with E-state index in [-0.39, 0.29) is 25.3 Å². The number of amides is 5. The third-order valence-corrected chi connectivity index (χ3v) is 11.0. The minimum absolute atomic E-state index is 0.00486. The van der Waals surface area contributed by atoms with Crippen molar-refractivity contribution < 1.29 is 41.8 Å². The Morgan fingerprint density at radius 3 is 2.46 bits per heavy atom. The fourth-order valence-corrected chi connectivity index (χ4v) is 7.48. The van der Waals surface area contributed by atoms with Gasteiger partial charge >= 0.3 is 6.03 Å². The molecule has 3 fully saturated rings. The molecular formula is C34H46N6O9S. The highest BCUT2D eigenvalue weighted by Crippen LogP contribution is 2.45. The number of methoxy groups -OCH3 is 2. The molecule has 272 valence electrons. The molecule has 15 nitrogen and oxygen atoms in total. The Kier molecular flexibility index (Phi) is 10.4. The zero-order valence-corrected chi connectivity index (χ0v) is 30.0. The first-order chi connectivity index (χ1) is 23.5. The van der Waals surface area contributed by atoms with Crippen molar-refractivity contribution >= 4 is 44.5 Å². The van der Waals surface area contributed by atoms with E-state index in [4.69, 9.17) is 14.2 Å². The molecule has 6 atom stereocenters. The molecule has 4 N–H and O–H groups in total. The molecule has 2 aromatic rings. The number of hydrogen-bond donors (Lipinski definition) is 4. The lowest BCUT2D eigenvalue weighted by Crippen LogP contribution is -2.61. The van der Waals surface area contributed by atoms with Crippen LogP contribution in [0.15, 0.2) is 43.1 Å². The normalized spacial score (nSPS) is 24.4. The first-order valence-electron chi connectivity index (χ1n) is 16.5. The molecule has 1 aliphatic heterocycles. The number of benzene rings is 1. The molecule has 1 unspecified atom stereocenters. The van der Waals surface area contributed by atoms with Crippen molar-refractivity contribution in [1.29, 1.82) is 0 Å². The van der Waals surface area contributed by atoms with E-state index in [1.807, 2.05) is 6.07 Å². The molecule has 2 aliphatic carbocycles. The van der Waals surface area contributed by atoms with Crippen LogP contribution in [0.25, 0.3) is 10.8 Å². The van der Waals surface area contributed by atoms with Crippen LogP contribution in [0.4, 0.5) is 4.79 Å². The predicted octanol–water partition coefficient (Wildman–Crippen LogP) is 1.76. The number of sulfonamides is 1. The molecule has 1 saturated heterocycles. The summed E-state index contributed by atoms with van der Waals surface area (Å²) in [6.07, 6.45) is 2.58. The lowest BCUT2D eigenvalue weighted by Gasteiger charge is -2.32. The molecule has 1 aromatic heterocycles. The van der Waals surface area contributed by atoms with Crippen LogP contribution in [0.2, 0.25) is 0 Å². The highest BCUT2D eigenvalue weighted by molar-refractivity contribution is 7.91. The third-order valence-electron chi connectivity index (χ3n) is 9.19.